The smallest absolute Gasteiger partial charge is 0.309 e. The van der Waals surface area contributed by atoms with E-state index >= 15 is 0 Å². The molecule has 0 fully saturated rings. The third-order valence-corrected chi connectivity index (χ3v) is 5.44. The van der Waals surface area contributed by atoms with E-state index in [1.54, 1.807) is 6.07 Å². The van der Waals surface area contributed by atoms with Gasteiger partial charge >= 0.3 is 6.18 Å². The van der Waals surface area contributed by atoms with Crippen molar-refractivity contribution >= 4 is 29.3 Å². The molecule has 1 amide bonds. The SMILES string of the molecule is O=C(NC(=NCc1ccc(F)cc1Cl)Nc1cc(-c2ccc(F)cc2)[nH]n1)c1cccc(C(F)(F)F)c1. The van der Waals surface area contributed by atoms with Crippen LogP contribution in [0.2, 0.25) is 5.02 Å². The molecular weight excluding hydrogens is 517 g/mol. The van der Waals surface area contributed by atoms with E-state index in [9.17, 15) is 26.7 Å². The zero-order valence-electron chi connectivity index (χ0n) is 18.7. The van der Waals surface area contributed by atoms with Crippen LogP contribution in [0.4, 0.5) is 27.8 Å². The minimum absolute atomic E-state index is 0.0977. The minimum atomic E-state index is -4.63. The fourth-order valence-electron chi connectivity index (χ4n) is 3.23. The van der Waals surface area contributed by atoms with E-state index in [0.717, 1.165) is 18.2 Å². The van der Waals surface area contributed by atoms with Crippen molar-refractivity contribution in [3.63, 3.8) is 0 Å². The summed E-state index contributed by atoms with van der Waals surface area (Å²) in [5.74, 6) is -1.77. The standard InChI is InChI=1S/C25H17ClF5N5O/c26-20-11-19(28)9-6-16(20)13-32-24(34-23(37)15-2-1-3-17(10-15)25(29,30)31)33-22-12-21(35-36-22)14-4-7-18(27)8-5-14/h1-12H,13H2,(H3,32,33,34,35,36,37). The molecule has 0 bridgehead atoms. The Morgan fingerprint density at radius 3 is 2.41 bits per heavy atom. The Bertz CT molecular complexity index is 1450. The lowest BCUT2D eigenvalue weighted by atomic mass is 10.1. The van der Waals surface area contributed by atoms with E-state index in [4.69, 9.17) is 11.6 Å². The van der Waals surface area contributed by atoms with Crippen LogP contribution >= 0.6 is 11.6 Å². The molecule has 12 heteroatoms. The first-order valence-electron chi connectivity index (χ1n) is 10.6. The molecule has 0 spiro atoms. The van der Waals surface area contributed by atoms with Crippen LogP contribution in [-0.4, -0.2) is 22.1 Å². The minimum Gasteiger partial charge on any atom is -0.309 e. The van der Waals surface area contributed by atoms with Gasteiger partial charge in [0.1, 0.15) is 11.6 Å². The van der Waals surface area contributed by atoms with Crippen molar-refractivity contribution in [3.8, 4) is 11.3 Å². The van der Waals surface area contributed by atoms with Gasteiger partial charge in [0.05, 0.1) is 17.8 Å². The Morgan fingerprint density at radius 2 is 1.70 bits per heavy atom. The normalized spacial score (nSPS) is 11.9. The monoisotopic (exact) mass is 533 g/mol. The molecule has 0 atom stereocenters. The highest BCUT2D eigenvalue weighted by Gasteiger charge is 2.31. The van der Waals surface area contributed by atoms with Gasteiger partial charge in [0, 0.05) is 16.7 Å². The number of guanidine groups is 1. The third-order valence-electron chi connectivity index (χ3n) is 5.09. The number of nitrogens with zero attached hydrogens (tertiary/aromatic N) is 2. The average Bonchev–Trinajstić information content (AvgIpc) is 3.32. The summed E-state index contributed by atoms with van der Waals surface area (Å²) in [4.78, 5) is 17.0. The van der Waals surface area contributed by atoms with Gasteiger partial charge in [-0.15, -0.1) is 0 Å². The Balaban J connectivity index is 1.59. The van der Waals surface area contributed by atoms with Gasteiger partial charge < -0.3 is 5.32 Å². The molecule has 0 radical (unpaired) electrons. The predicted molar refractivity (Wildman–Crippen MR) is 129 cm³/mol. The molecule has 1 heterocycles. The molecular formula is C25H17ClF5N5O. The predicted octanol–water partition coefficient (Wildman–Crippen LogP) is 6.43. The Kier molecular flexibility index (Phi) is 7.53. The fourth-order valence-corrected chi connectivity index (χ4v) is 3.45. The molecule has 190 valence electrons. The van der Waals surface area contributed by atoms with Gasteiger partial charge in [-0.2, -0.15) is 18.3 Å². The quantitative estimate of drug-likeness (QED) is 0.157. The van der Waals surface area contributed by atoms with Crippen molar-refractivity contribution in [2.45, 2.75) is 12.7 Å². The number of rotatable bonds is 5. The molecule has 0 saturated heterocycles. The molecule has 0 aliphatic rings. The van der Waals surface area contributed by atoms with Gasteiger partial charge in [0.25, 0.3) is 5.91 Å². The van der Waals surface area contributed by atoms with Crippen molar-refractivity contribution in [1.29, 1.82) is 0 Å². The second-order valence-corrected chi connectivity index (χ2v) is 8.14. The first-order valence-corrected chi connectivity index (χ1v) is 11.0. The maximum atomic E-state index is 13.4. The molecule has 3 N–H and O–H groups in total. The van der Waals surface area contributed by atoms with Crippen LogP contribution in [0.25, 0.3) is 11.3 Å². The lowest BCUT2D eigenvalue weighted by molar-refractivity contribution is -0.137. The van der Waals surface area contributed by atoms with Gasteiger partial charge in [0.2, 0.25) is 5.96 Å². The summed E-state index contributed by atoms with van der Waals surface area (Å²) < 4.78 is 65.8. The number of hydrogen-bond acceptors (Lipinski definition) is 3. The molecule has 0 unspecified atom stereocenters. The average molecular weight is 534 g/mol. The van der Waals surface area contributed by atoms with Gasteiger partial charge in [-0.3, -0.25) is 15.2 Å². The van der Waals surface area contributed by atoms with E-state index in [2.05, 4.69) is 25.8 Å². The summed E-state index contributed by atoms with van der Waals surface area (Å²) in [6, 6.07) is 14.8. The molecule has 1 aromatic heterocycles. The molecule has 0 aliphatic heterocycles. The van der Waals surface area contributed by atoms with Crippen molar-refractivity contribution < 1.29 is 26.7 Å². The Labute approximate surface area is 212 Å². The van der Waals surface area contributed by atoms with E-state index in [1.165, 1.54) is 42.5 Å². The second kappa shape index (κ2) is 10.8. The van der Waals surface area contributed by atoms with E-state index in [0.29, 0.717) is 22.9 Å². The summed E-state index contributed by atoms with van der Waals surface area (Å²) in [6.07, 6.45) is -4.63. The van der Waals surface area contributed by atoms with Gasteiger partial charge in [-0.1, -0.05) is 23.7 Å². The summed E-state index contributed by atoms with van der Waals surface area (Å²) in [5, 5.41) is 12.2. The molecule has 0 aliphatic carbocycles. The van der Waals surface area contributed by atoms with Crippen LogP contribution in [0.15, 0.2) is 77.8 Å². The number of aromatic amines is 1. The van der Waals surface area contributed by atoms with E-state index < -0.39 is 29.3 Å². The topological polar surface area (TPSA) is 82.2 Å². The molecule has 4 aromatic rings. The van der Waals surface area contributed by atoms with Crippen LogP contribution in [0.5, 0.6) is 0 Å². The van der Waals surface area contributed by atoms with Crippen LogP contribution in [0.3, 0.4) is 0 Å². The summed E-state index contributed by atoms with van der Waals surface area (Å²) in [7, 11) is 0. The lowest BCUT2D eigenvalue weighted by Gasteiger charge is -2.12. The maximum absolute atomic E-state index is 13.4. The van der Waals surface area contributed by atoms with Crippen LogP contribution in [-0.2, 0) is 12.7 Å². The number of anilines is 1. The number of H-pyrrole nitrogens is 1. The fraction of sp³-hybridized carbons (Fsp3) is 0.0800. The first-order chi connectivity index (χ1) is 17.6. The zero-order chi connectivity index (χ0) is 26.6. The Morgan fingerprint density at radius 1 is 0.973 bits per heavy atom. The van der Waals surface area contributed by atoms with Crippen molar-refractivity contribution in [3.05, 3.63) is 106 Å². The molecule has 3 aromatic carbocycles. The van der Waals surface area contributed by atoms with Crippen LogP contribution in [0.1, 0.15) is 21.5 Å². The number of aromatic nitrogens is 2. The van der Waals surface area contributed by atoms with Gasteiger partial charge in [0.15, 0.2) is 5.82 Å². The number of nitrogens with one attached hydrogen (secondary N) is 3. The second-order valence-electron chi connectivity index (χ2n) is 7.73. The number of amides is 1. The third kappa shape index (κ3) is 6.70. The van der Waals surface area contributed by atoms with E-state index in [-0.39, 0.29) is 28.9 Å². The number of carbonyl (C=O) groups is 1. The molecule has 37 heavy (non-hydrogen) atoms. The first kappa shape index (κ1) is 25.8. The van der Waals surface area contributed by atoms with Crippen molar-refractivity contribution in [2.24, 2.45) is 4.99 Å². The number of benzene rings is 3. The number of alkyl halides is 3. The number of halogens is 6. The Hall–Kier alpha value is -4.25. The van der Waals surface area contributed by atoms with E-state index in [1.807, 2.05) is 0 Å². The highest BCUT2D eigenvalue weighted by atomic mass is 35.5. The zero-order valence-corrected chi connectivity index (χ0v) is 19.5. The van der Waals surface area contributed by atoms with Crippen molar-refractivity contribution in [1.82, 2.24) is 15.5 Å². The van der Waals surface area contributed by atoms with Crippen molar-refractivity contribution in [2.75, 3.05) is 5.32 Å². The van der Waals surface area contributed by atoms with Crippen LogP contribution < -0.4 is 10.6 Å². The summed E-state index contributed by atoms with van der Waals surface area (Å²) in [6.45, 7) is -0.0977. The van der Waals surface area contributed by atoms with Gasteiger partial charge in [-0.25, -0.2) is 13.8 Å². The van der Waals surface area contributed by atoms with Gasteiger partial charge in [-0.05, 0) is 65.7 Å². The number of aliphatic imine (C=N–C) groups is 1. The molecule has 0 saturated carbocycles. The van der Waals surface area contributed by atoms with Crippen LogP contribution in [0, 0.1) is 11.6 Å². The largest absolute Gasteiger partial charge is 0.416 e. The molecule has 6 nitrogen and oxygen atoms in total. The number of hydrogen-bond donors (Lipinski definition) is 3. The highest BCUT2D eigenvalue weighted by molar-refractivity contribution is 6.31. The maximum Gasteiger partial charge on any atom is 0.416 e. The highest BCUT2D eigenvalue weighted by Crippen LogP contribution is 2.29. The summed E-state index contributed by atoms with van der Waals surface area (Å²) in [5.41, 5.74) is 0.350. The molecule has 4 rings (SSSR count). The number of carbonyl (C=O) groups excluding carboxylic acids is 1. The summed E-state index contributed by atoms with van der Waals surface area (Å²) >= 11 is 6.05. The lowest BCUT2D eigenvalue weighted by Crippen LogP contribution is -2.36.